The standard InChI is InChI=1S/C22H39N5/c1-5-26(6-2)15-8-7-14-24-22(23-4)25-19(3)20-12-11-13-21(18-20)27-16-9-10-17-27/h11-13,18-19H,5-10,14-17H2,1-4H3,(H2,23,24,25). The van der Waals surface area contributed by atoms with Crippen LogP contribution in [-0.4, -0.2) is 57.2 Å². The lowest BCUT2D eigenvalue weighted by atomic mass is 10.1. The topological polar surface area (TPSA) is 42.9 Å². The molecule has 1 heterocycles. The summed E-state index contributed by atoms with van der Waals surface area (Å²) in [6.07, 6.45) is 5.00. The summed E-state index contributed by atoms with van der Waals surface area (Å²) < 4.78 is 0. The molecule has 0 bridgehead atoms. The highest BCUT2D eigenvalue weighted by Crippen LogP contribution is 2.23. The summed E-state index contributed by atoms with van der Waals surface area (Å²) in [5.41, 5.74) is 2.65. The van der Waals surface area contributed by atoms with E-state index in [4.69, 9.17) is 0 Å². The highest BCUT2D eigenvalue weighted by Gasteiger charge is 2.14. The number of aliphatic imine (C=N–C) groups is 1. The molecule has 0 amide bonds. The molecule has 2 rings (SSSR count). The van der Waals surface area contributed by atoms with Crippen LogP contribution < -0.4 is 15.5 Å². The Balaban J connectivity index is 1.77. The Kier molecular flexibility index (Phi) is 9.46. The normalized spacial score (nSPS) is 16.0. The molecule has 0 radical (unpaired) electrons. The molecule has 27 heavy (non-hydrogen) atoms. The fourth-order valence-corrected chi connectivity index (χ4v) is 3.66. The van der Waals surface area contributed by atoms with Crippen molar-refractivity contribution in [3.8, 4) is 0 Å². The predicted molar refractivity (Wildman–Crippen MR) is 118 cm³/mol. The van der Waals surface area contributed by atoms with E-state index in [1.807, 2.05) is 7.05 Å². The van der Waals surface area contributed by atoms with E-state index in [-0.39, 0.29) is 6.04 Å². The van der Waals surface area contributed by atoms with Crippen LogP contribution in [0.25, 0.3) is 0 Å². The molecule has 0 saturated carbocycles. The van der Waals surface area contributed by atoms with Crippen molar-refractivity contribution in [1.82, 2.24) is 15.5 Å². The van der Waals surface area contributed by atoms with Crippen LogP contribution in [0.5, 0.6) is 0 Å². The van der Waals surface area contributed by atoms with Crippen LogP contribution in [0.1, 0.15) is 58.1 Å². The number of nitrogens with zero attached hydrogens (tertiary/aromatic N) is 3. The van der Waals surface area contributed by atoms with Gasteiger partial charge in [-0.15, -0.1) is 0 Å². The SMILES string of the molecule is CCN(CC)CCCCNC(=NC)NC(C)c1cccc(N2CCCC2)c1. The smallest absolute Gasteiger partial charge is 0.191 e. The number of guanidine groups is 1. The van der Waals surface area contributed by atoms with Crippen LogP contribution in [0.2, 0.25) is 0 Å². The van der Waals surface area contributed by atoms with Gasteiger partial charge in [-0.25, -0.2) is 0 Å². The zero-order valence-corrected chi connectivity index (χ0v) is 17.8. The van der Waals surface area contributed by atoms with Crippen molar-refractivity contribution in [2.24, 2.45) is 4.99 Å². The van der Waals surface area contributed by atoms with Gasteiger partial charge >= 0.3 is 0 Å². The number of rotatable bonds is 10. The van der Waals surface area contributed by atoms with Crippen LogP contribution in [-0.2, 0) is 0 Å². The zero-order chi connectivity index (χ0) is 19.5. The second-order valence-electron chi connectivity index (χ2n) is 7.39. The Morgan fingerprint density at radius 1 is 1.19 bits per heavy atom. The minimum atomic E-state index is 0.231. The number of hydrogen-bond donors (Lipinski definition) is 2. The first-order chi connectivity index (χ1) is 13.2. The van der Waals surface area contributed by atoms with E-state index in [0.29, 0.717) is 0 Å². The van der Waals surface area contributed by atoms with E-state index in [2.05, 4.69) is 70.5 Å². The molecule has 5 nitrogen and oxygen atoms in total. The fourth-order valence-electron chi connectivity index (χ4n) is 3.66. The highest BCUT2D eigenvalue weighted by atomic mass is 15.2. The average Bonchev–Trinajstić information content (AvgIpc) is 3.24. The third-order valence-corrected chi connectivity index (χ3v) is 5.51. The van der Waals surface area contributed by atoms with E-state index in [9.17, 15) is 0 Å². The van der Waals surface area contributed by atoms with Gasteiger partial charge in [-0.2, -0.15) is 0 Å². The Morgan fingerprint density at radius 2 is 1.93 bits per heavy atom. The highest BCUT2D eigenvalue weighted by molar-refractivity contribution is 5.80. The van der Waals surface area contributed by atoms with Crippen LogP contribution >= 0.6 is 0 Å². The minimum absolute atomic E-state index is 0.231. The number of anilines is 1. The summed E-state index contributed by atoms with van der Waals surface area (Å²) in [4.78, 5) is 9.35. The van der Waals surface area contributed by atoms with E-state index in [1.54, 1.807) is 0 Å². The lowest BCUT2D eigenvalue weighted by molar-refractivity contribution is 0.297. The summed E-state index contributed by atoms with van der Waals surface area (Å²) in [6.45, 7) is 13.5. The van der Waals surface area contributed by atoms with Gasteiger partial charge in [0.05, 0.1) is 6.04 Å². The van der Waals surface area contributed by atoms with Gasteiger partial charge in [0.25, 0.3) is 0 Å². The van der Waals surface area contributed by atoms with Gasteiger partial charge in [0.1, 0.15) is 0 Å². The first-order valence-electron chi connectivity index (χ1n) is 10.7. The van der Waals surface area contributed by atoms with Crippen molar-refractivity contribution in [2.45, 2.75) is 52.5 Å². The average molecular weight is 374 g/mol. The van der Waals surface area contributed by atoms with Crippen LogP contribution in [0, 0.1) is 0 Å². The Morgan fingerprint density at radius 3 is 2.59 bits per heavy atom. The molecular formula is C22H39N5. The molecule has 1 unspecified atom stereocenters. The molecule has 1 aliphatic heterocycles. The van der Waals surface area contributed by atoms with Gasteiger partial charge in [0.2, 0.25) is 0 Å². The van der Waals surface area contributed by atoms with Crippen molar-refractivity contribution >= 4 is 11.6 Å². The van der Waals surface area contributed by atoms with E-state index in [0.717, 1.165) is 32.0 Å². The molecule has 2 N–H and O–H groups in total. The van der Waals surface area contributed by atoms with Crippen molar-refractivity contribution in [3.05, 3.63) is 29.8 Å². The van der Waals surface area contributed by atoms with E-state index < -0.39 is 0 Å². The van der Waals surface area contributed by atoms with Crippen LogP contribution in [0.15, 0.2) is 29.3 Å². The third-order valence-electron chi connectivity index (χ3n) is 5.51. The Bertz CT molecular complexity index is 562. The molecule has 5 heteroatoms. The Labute approximate surface area is 166 Å². The maximum absolute atomic E-state index is 4.39. The molecule has 0 aromatic heterocycles. The molecule has 1 fully saturated rings. The summed E-state index contributed by atoms with van der Waals surface area (Å²) in [7, 11) is 1.85. The first-order valence-corrected chi connectivity index (χ1v) is 10.7. The Hall–Kier alpha value is -1.75. The van der Waals surface area contributed by atoms with E-state index in [1.165, 1.54) is 50.1 Å². The minimum Gasteiger partial charge on any atom is -0.372 e. The van der Waals surface area contributed by atoms with Crippen molar-refractivity contribution in [2.75, 3.05) is 51.2 Å². The van der Waals surface area contributed by atoms with Crippen molar-refractivity contribution in [1.29, 1.82) is 0 Å². The van der Waals surface area contributed by atoms with Crippen molar-refractivity contribution < 1.29 is 0 Å². The lowest BCUT2D eigenvalue weighted by Gasteiger charge is -2.22. The molecule has 0 spiro atoms. The van der Waals surface area contributed by atoms with Gasteiger partial charge in [-0.05, 0) is 69.9 Å². The predicted octanol–water partition coefficient (Wildman–Crippen LogP) is 3.63. The second kappa shape index (κ2) is 11.9. The van der Waals surface area contributed by atoms with Gasteiger partial charge < -0.3 is 20.4 Å². The molecule has 1 atom stereocenters. The molecule has 152 valence electrons. The van der Waals surface area contributed by atoms with Gasteiger partial charge in [0.15, 0.2) is 5.96 Å². The zero-order valence-electron chi connectivity index (χ0n) is 17.8. The second-order valence-corrected chi connectivity index (χ2v) is 7.39. The molecule has 1 saturated heterocycles. The van der Waals surface area contributed by atoms with Gasteiger partial charge in [-0.3, -0.25) is 4.99 Å². The number of unbranched alkanes of at least 4 members (excludes halogenated alkanes) is 1. The van der Waals surface area contributed by atoms with Gasteiger partial charge in [-0.1, -0.05) is 26.0 Å². The van der Waals surface area contributed by atoms with Gasteiger partial charge in [0, 0.05) is 32.4 Å². The number of hydrogen-bond acceptors (Lipinski definition) is 3. The largest absolute Gasteiger partial charge is 0.372 e. The maximum atomic E-state index is 4.39. The molecule has 1 aromatic carbocycles. The maximum Gasteiger partial charge on any atom is 0.191 e. The lowest BCUT2D eigenvalue weighted by Crippen LogP contribution is -2.39. The van der Waals surface area contributed by atoms with Crippen LogP contribution in [0.3, 0.4) is 0 Å². The van der Waals surface area contributed by atoms with E-state index >= 15 is 0 Å². The summed E-state index contributed by atoms with van der Waals surface area (Å²) in [5, 5.41) is 6.99. The fraction of sp³-hybridized carbons (Fsp3) is 0.682. The molecule has 0 aliphatic carbocycles. The van der Waals surface area contributed by atoms with Crippen LogP contribution in [0.4, 0.5) is 5.69 Å². The number of nitrogens with one attached hydrogen (secondary N) is 2. The summed E-state index contributed by atoms with van der Waals surface area (Å²) >= 11 is 0. The molecular weight excluding hydrogens is 334 g/mol. The third kappa shape index (κ3) is 7.06. The van der Waals surface area contributed by atoms with Crippen molar-refractivity contribution in [3.63, 3.8) is 0 Å². The summed E-state index contributed by atoms with van der Waals surface area (Å²) in [6, 6.07) is 9.15. The molecule has 1 aromatic rings. The summed E-state index contributed by atoms with van der Waals surface area (Å²) in [5.74, 6) is 0.886. The first kappa shape index (κ1) is 21.5. The quantitative estimate of drug-likeness (QED) is 0.373. The molecule has 1 aliphatic rings. The monoisotopic (exact) mass is 373 g/mol. The number of benzene rings is 1.